The zero-order valence-corrected chi connectivity index (χ0v) is 16.6. The Hall–Kier alpha value is -2.52. The zero-order valence-electron chi connectivity index (χ0n) is 15.8. The molecule has 0 aliphatic carbocycles. The fourth-order valence-electron chi connectivity index (χ4n) is 2.89. The largest absolute Gasteiger partial charge is 0.344 e. The van der Waals surface area contributed by atoms with Gasteiger partial charge in [0.15, 0.2) is 0 Å². The second-order valence-corrected chi connectivity index (χ2v) is 8.03. The summed E-state index contributed by atoms with van der Waals surface area (Å²) in [6.45, 7) is 4.04. The predicted molar refractivity (Wildman–Crippen MR) is 115 cm³/mol. The fourth-order valence-corrected chi connectivity index (χ4v) is 3.75. The highest BCUT2D eigenvalue weighted by Crippen LogP contribution is 2.24. The first-order valence-corrected chi connectivity index (χ1v) is 10.3. The topological polar surface area (TPSA) is 29.1 Å². The minimum Gasteiger partial charge on any atom is -0.344 e. The van der Waals surface area contributed by atoms with Gasteiger partial charge in [-0.25, -0.2) is 0 Å². The number of hydrogen-bond donors (Lipinski definition) is 1. The maximum absolute atomic E-state index is 12.9. The summed E-state index contributed by atoms with van der Waals surface area (Å²) in [5, 5.41) is 3.12. The van der Waals surface area contributed by atoms with Crippen molar-refractivity contribution in [1.82, 2.24) is 5.32 Å². The van der Waals surface area contributed by atoms with Gasteiger partial charge in [0.25, 0.3) is 0 Å². The lowest BCUT2D eigenvalue weighted by molar-refractivity contribution is -0.120. The summed E-state index contributed by atoms with van der Waals surface area (Å²) in [6, 6.07) is 28.6. The fraction of sp³-hybridized carbons (Fsp3) is 0.208. The molecule has 0 saturated carbocycles. The summed E-state index contributed by atoms with van der Waals surface area (Å²) in [5.41, 5.74) is 4.64. The number of carbonyl (C=O) groups excluding carboxylic acids is 1. The predicted octanol–water partition coefficient (Wildman–Crippen LogP) is 5.52. The third kappa shape index (κ3) is 5.48. The Morgan fingerprint density at radius 1 is 0.852 bits per heavy atom. The molecule has 0 heterocycles. The van der Waals surface area contributed by atoms with E-state index in [9.17, 15) is 4.79 Å². The van der Waals surface area contributed by atoms with E-state index in [2.05, 4.69) is 60.8 Å². The average Bonchev–Trinajstić information content (AvgIpc) is 2.72. The molecule has 3 aromatic carbocycles. The highest BCUT2D eigenvalue weighted by molar-refractivity contribution is 7.99. The molecule has 3 rings (SSSR count). The minimum atomic E-state index is -0.140. The van der Waals surface area contributed by atoms with Crippen LogP contribution in [-0.4, -0.2) is 11.2 Å². The summed E-state index contributed by atoms with van der Waals surface area (Å²) >= 11 is 1.66. The van der Waals surface area contributed by atoms with Crippen LogP contribution in [0.25, 0.3) is 0 Å². The SMILES string of the molecule is Cc1ccc([C@@H](NC(=O)[C@H](C)SCc2ccccc2)c2ccccc2)cc1. The molecule has 0 unspecified atom stereocenters. The van der Waals surface area contributed by atoms with Crippen LogP contribution in [0.3, 0.4) is 0 Å². The molecule has 27 heavy (non-hydrogen) atoms. The van der Waals surface area contributed by atoms with Crippen molar-refractivity contribution in [3.8, 4) is 0 Å². The second-order valence-electron chi connectivity index (χ2n) is 6.70. The van der Waals surface area contributed by atoms with E-state index in [1.165, 1.54) is 11.1 Å². The van der Waals surface area contributed by atoms with Gasteiger partial charge >= 0.3 is 0 Å². The van der Waals surface area contributed by atoms with Gasteiger partial charge in [-0.15, -0.1) is 11.8 Å². The molecule has 0 aliphatic rings. The Labute approximate surface area is 166 Å². The molecule has 0 aromatic heterocycles. The molecular weight excluding hydrogens is 350 g/mol. The monoisotopic (exact) mass is 375 g/mol. The van der Waals surface area contributed by atoms with Crippen LogP contribution in [0.15, 0.2) is 84.9 Å². The van der Waals surface area contributed by atoms with Gasteiger partial charge < -0.3 is 5.32 Å². The van der Waals surface area contributed by atoms with E-state index >= 15 is 0 Å². The third-order valence-electron chi connectivity index (χ3n) is 4.54. The van der Waals surface area contributed by atoms with E-state index in [1.54, 1.807) is 11.8 Å². The summed E-state index contributed by atoms with van der Waals surface area (Å²) < 4.78 is 0. The maximum atomic E-state index is 12.9. The van der Waals surface area contributed by atoms with Gasteiger partial charge in [-0.2, -0.15) is 0 Å². The lowest BCUT2D eigenvalue weighted by Crippen LogP contribution is -2.35. The van der Waals surface area contributed by atoms with Crippen LogP contribution in [0.1, 0.15) is 35.2 Å². The number of benzene rings is 3. The van der Waals surface area contributed by atoms with Gasteiger partial charge in [0.2, 0.25) is 5.91 Å². The summed E-state index contributed by atoms with van der Waals surface area (Å²) in [6.07, 6.45) is 0. The Balaban J connectivity index is 1.71. The molecule has 3 heteroatoms. The number of carbonyl (C=O) groups is 1. The standard InChI is InChI=1S/C24H25NOS/c1-18-13-15-22(16-14-18)23(21-11-7-4-8-12-21)25-24(26)19(2)27-17-20-9-5-3-6-10-20/h3-16,19,23H,17H2,1-2H3,(H,25,26)/t19-,23-/m0/s1. The van der Waals surface area contributed by atoms with Crippen LogP contribution in [0, 0.1) is 6.92 Å². The van der Waals surface area contributed by atoms with Crippen molar-refractivity contribution in [2.45, 2.75) is 30.9 Å². The van der Waals surface area contributed by atoms with Crippen LogP contribution in [0.2, 0.25) is 0 Å². The van der Waals surface area contributed by atoms with Crippen molar-refractivity contribution in [2.75, 3.05) is 0 Å². The van der Waals surface area contributed by atoms with Crippen LogP contribution in [0.4, 0.5) is 0 Å². The Kier molecular flexibility index (Phi) is 6.72. The van der Waals surface area contributed by atoms with Gasteiger partial charge in [-0.05, 0) is 30.5 Å². The van der Waals surface area contributed by atoms with Gasteiger partial charge in [0.05, 0.1) is 11.3 Å². The van der Waals surface area contributed by atoms with Crippen molar-refractivity contribution < 1.29 is 4.79 Å². The van der Waals surface area contributed by atoms with Crippen LogP contribution in [-0.2, 0) is 10.5 Å². The van der Waals surface area contributed by atoms with Crippen LogP contribution in [0.5, 0.6) is 0 Å². The molecule has 0 saturated heterocycles. The first kappa shape index (κ1) is 19.2. The molecule has 1 amide bonds. The summed E-state index contributed by atoms with van der Waals surface area (Å²) in [4.78, 5) is 12.9. The van der Waals surface area contributed by atoms with Crippen molar-refractivity contribution in [3.63, 3.8) is 0 Å². The molecule has 0 bridgehead atoms. The maximum Gasteiger partial charge on any atom is 0.233 e. The lowest BCUT2D eigenvalue weighted by atomic mass is 9.97. The normalized spacial score (nSPS) is 13.0. The number of amides is 1. The van der Waals surface area contributed by atoms with Crippen LogP contribution < -0.4 is 5.32 Å². The number of aryl methyl sites for hydroxylation is 1. The smallest absolute Gasteiger partial charge is 0.233 e. The molecule has 0 aliphatic heterocycles. The van der Waals surface area contributed by atoms with Crippen molar-refractivity contribution in [2.24, 2.45) is 0 Å². The molecule has 2 atom stereocenters. The lowest BCUT2D eigenvalue weighted by Gasteiger charge is -2.22. The van der Waals surface area contributed by atoms with Crippen molar-refractivity contribution >= 4 is 17.7 Å². The number of thioether (sulfide) groups is 1. The van der Waals surface area contributed by atoms with Crippen molar-refractivity contribution in [1.29, 1.82) is 0 Å². The Morgan fingerprint density at radius 2 is 1.41 bits per heavy atom. The molecule has 0 fully saturated rings. The minimum absolute atomic E-state index is 0.0605. The van der Waals surface area contributed by atoms with E-state index in [0.717, 1.165) is 16.9 Å². The van der Waals surface area contributed by atoms with E-state index < -0.39 is 0 Å². The molecule has 3 aromatic rings. The Bertz CT molecular complexity index is 847. The summed E-state index contributed by atoms with van der Waals surface area (Å²) in [7, 11) is 0. The zero-order chi connectivity index (χ0) is 19.1. The number of rotatable bonds is 7. The van der Waals surface area contributed by atoms with Crippen molar-refractivity contribution in [3.05, 3.63) is 107 Å². The quantitative estimate of drug-likeness (QED) is 0.589. The highest BCUT2D eigenvalue weighted by atomic mass is 32.2. The van der Waals surface area contributed by atoms with Crippen LogP contribution >= 0.6 is 11.8 Å². The van der Waals surface area contributed by atoms with E-state index in [4.69, 9.17) is 0 Å². The van der Waals surface area contributed by atoms with Gasteiger partial charge in [-0.1, -0.05) is 90.5 Å². The first-order chi connectivity index (χ1) is 13.1. The van der Waals surface area contributed by atoms with E-state index in [-0.39, 0.29) is 17.2 Å². The molecule has 138 valence electrons. The summed E-state index contributed by atoms with van der Waals surface area (Å²) in [5.74, 6) is 0.890. The Morgan fingerprint density at radius 3 is 2.04 bits per heavy atom. The number of nitrogens with one attached hydrogen (secondary N) is 1. The van der Waals surface area contributed by atoms with Gasteiger partial charge in [-0.3, -0.25) is 4.79 Å². The highest BCUT2D eigenvalue weighted by Gasteiger charge is 2.20. The van der Waals surface area contributed by atoms with Gasteiger partial charge in [0, 0.05) is 5.75 Å². The molecular formula is C24H25NOS. The first-order valence-electron chi connectivity index (χ1n) is 9.21. The van der Waals surface area contributed by atoms with E-state index in [0.29, 0.717) is 0 Å². The number of hydrogen-bond acceptors (Lipinski definition) is 2. The molecule has 1 N–H and O–H groups in total. The third-order valence-corrected chi connectivity index (χ3v) is 5.76. The van der Waals surface area contributed by atoms with Gasteiger partial charge in [0.1, 0.15) is 0 Å². The molecule has 2 nitrogen and oxygen atoms in total. The van der Waals surface area contributed by atoms with E-state index in [1.807, 2.05) is 43.3 Å². The molecule has 0 spiro atoms. The molecule has 0 radical (unpaired) electrons. The second kappa shape index (κ2) is 9.43. The average molecular weight is 376 g/mol.